The fourth-order valence-electron chi connectivity index (χ4n) is 0.890. The molecular formula is C9H9N3. The van der Waals surface area contributed by atoms with Gasteiger partial charge in [0.05, 0.1) is 0 Å². The SMILES string of the molecule is C/C(=C/c1ccccc1)N=[N+]=[N-]. The lowest BCUT2D eigenvalue weighted by Gasteiger charge is -1.91. The van der Waals surface area contributed by atoms with Crippen molar-refractivity contribution < 1.29 is 0 Å². The minimum absolute atomic E-state index is 0.670. The third-order valence-electron chi connectivity index (χ3n) is 1.38. The fraction of sp³-hybridized carbons (Fsp3) is 0.111. The van der Waals surface area contributed by atoms with E-state index < -0.39 is 0 Å². The molecule has 0 saturated carbocycles. The number of rotatable bonds is 2. The molecule has 12 heavy (non-hydrogen) atoms. The van der Waals surface area contributed by atoms with E-state index in [0.29, 0.717) is 5.70 Å². The summed E-state index contributed by atoms with van der Waals surface area (Å²) in [5.74, 6) is 0. The Kier molecular flexibility index (Phi) is 2.94. The molecule has 0 radical (unpaired) electrons. The average molecular weight is 159 g/mol. The highest BCUT2D eigenvalue weighted by Crippen LogP contribution is 2.06. The lowest BCUT2D eigenvalue weighted by molar-refractivity contribution is 1.30. The molecule has 0 fully saturated rings. The van der Waals surface area contributed by atoms with Crippen molar-refractivity contribution in [3.8, 4) is 0 Å². The molecular weight excluding hydrogens is 150 g/mol. The summed E-state index contributed by atoms with van der Waals surface area (Å²) in [6, 6.07) is 9.73. The quantitative estimate of drug-likeness (QED) is 0.361. The number of benzene rings is 1. The summed E-state index contributed by atoms with van der Waals surface area (Å²) in [6.07, 6.45) is 1.83. The molecule has 0 aliphatic heterocycles. The monoisotopic (exact) mass is 159 g/mol. The van der Waals surface area contributed by atoms with Gasteiger partial charge < -0.3 is 0 Å². The first-order valence-electron chi connectivity index (χ1n) is 3.61. The molecule has 0 aliphatic carbocycles. The topological polar surface area (TPSA) is 48.8 Å². The molecule has 0 atom stereocenters. The van der Waals surface area contributed by atoms with Crippen LogP contribution < -0.4 is 0 Å². The van der Waals surface area contributed by atoms with Crippen LogP contribution in [0.4, 0.5) is 0 Å². The van der Waals surface area contributed by atoms with Gasteiger partial charge in [-0.25, -0.2) is 0 Å². The van der Waals surface area contributed by atoms with Gasteiger partial charge in [0.15, 0.2) is 0 Å². The summed E-state index contributed by atoms with van der Waals surface area (Å²) in [4.78, 5) is 2.69. The Morgan fingerprint density at radius 2 is 2.08 bits per heavy atom. The fourth-order valence-corrected chi connectivity index (χ4v) is 0.890. The molecule has 0 N–H and O–H groups in total. The molecule has 0 amide bonds. The van der Waals surface area contributed by atoms with E-state index in [2.05, 4.69) is 10.0 Å². The van der Waals surface area contributed by atoms with Crippen molar-refractivity contribution in [2.24, 2.45) is 5.11 Å². The Balaban J connectivity index is 2.88. The van der Waals surface area contributed by atoms with Crippen LogP contribution in [-0.4, -0.2) is 0 Å². The van der Waals surface area contributed by atoms with Crippen molar-refractivity contribution >= 4 is 6.08 Å². The lowest BCUT2D eigenvalue weighted by atomic mass is 10.2. The van der Waals surface area contributed by atoms with Crippen molar-refractivity contribution in [2.45, 2.75) is 6.92 Å². The van der Waals surface area contributed by atoms with E-state index in [0.717, 1.165) is 5.56 Å². The summed E-state index contributed by atoms with van der Waals surface area (Å²) in [5, 5.41) is 3.46. The van der Waals surface area contributed by atoms with Gasteiger partial charge in [-0.15, -0.1) is 0 Å². The Bertz CT molecular complexity index is 321. The minimum Gasteiger partial charge on any atom is -0.0654 e. The molecule has 3 heteroatoms. The molecule has 0 aromatic heterocycles. The van der Waals surface area contributed by atoms with Gasteiger partial charge in [0.2, 0.25) is 0 Å². The molecule has 0 heterocycles. The van der Waals surface area contributed by atoms with Crippen LogP contribution in [0.3, 0.4) is 0 Å². The minimum atomic E-state index is 0.670. The van der Waals surface area contributed by atoms with E-state index in [4.69, 9.17) is 5.53 Å². The smallest absolute Gasteiger partial charge is 0.0125 e. The van der Waals surface area contributed by atoms with Crippen LogP contribution in [0, 0.1) is 0 Å². The summed E-state index contributed by atoms with van der Waals surface area (Å²) in [7, 11) is 0. The number of azide groups is 1. The summed E-state index contributed by atoms with van der Waals surface area (Å²) in [5.41, 5.74) is 9.85. The number of allylic oxidation sites excluding steroid dienone is 1. The second-order valence-electron chi connectivity index (χ2n) is 2.39. The molecule has 0 aliphatic rings. The van der Waals surface area contributed by atoms with Crippen LogP contribution in [0.5, 0.6) is 0 Å². The standard InChI is InChI=1S/C9H9N3/c1-8(11-12-10)7-9-5-3-2-4-6-9/h2-7H,1H3/b8-7-. The zero-order valence-electron chi connectivity index (χ0n) is 6.81. The van der Waals surface area contributed by atoms with Crippen LogP contribution in [-0.2, 0) is 0 Å². The van der Waals surface area contributed by atoms with E-state index in [-0.39, 0.29) is 0 Å². The Labute approximate surface area is 71.0 Å². The molecule has 0 bridgehead atoms. The molecule has 0 saturated heterocycles. The predicted molar refractivity (Wildman–Crippen MR) is 49.2 cm³/mol. The Morgan fingerprint density at radius 3 is 2.67 bits per heavy atom. The maximum atomic E-state index is 8.13. The van der Waals surface area contributed by atoms with E-state index in [1.54, 1.807) is 6.92 Å². The summed E-state index contributed by atoms with van der Waals surface area (Å²) < 4.78 is 0. The molecule has 60 valence electrons. The van der Waals surface area contributed by atoms with Crippen LogP contribution in [0.2, 0.25) is 0 Å². The normalized spacial score (nSPS) is 10.6. The zero-order valence-corrected chi connectivity index (χ0v) is 6.81. The summed E-state index contributed by atoms with van der Waals surface area (Å²) >= 11 is 0. The van der Waals surface area contributed by atoms with Gasteiger partial charge in [-0.1, -0.05) is 35.4 Å². The van der Waals surface area contributed by atoms with E-state index in [1.165, 1.54) is 0 Å². The average Bonchev–Trinajstić information content (AvgIpc) is 2.06. The lowest BCUT2D eigenvalue weighted by Crippen LogP contribution is -1.70. The number of hydrogen-bond donors (Lipinski definition) is 0. The van der Waals surface area contributed by atoms with E-state index in [1.807, 2.05) is 36.4 Å². The third kappa shape index (κ3) is 2.48. The molecule has 1 aromatic carbocycles. The van der Waals surface area contributed by atoms with Gasteiger partial charge in [-0.3, -0.25) is 0 Å². The van der Waals surface area contributed by atoms with Crippen LogP contribution >= 0.6 is 0 Å². The van der Waals surface area contributed by atoms with Crippen molar-refractivity contribution in [3.05, 3.63) is 52.0 Å². The van der Waals surface area contributed by atoms with Crippen LogP contribution in [0.15, 0.2) is 41.1 Å². The van der Waals surface area contributed by atoms with E-state index in [9.17, 15) is 0 Å². The van der Waals surface area contributed by atoms with Gasteiger partial charge in [0.25, 0.3) is 0 Å². The van der Waals surface area contributed by atoms with Gasteiger partial charge in [0.1, 0.15) is 0 Å². The van der Waals surface area contributed by atoms with Crippen molar-refractivity contribution in [3.63, 3.8) is 0 Å². The highest BCUT2D eigenvalue weighted by atomic mass is 15.1. The zero-order chi connectivity index (χ0) is 8.81. The third-order valence-corrected chi connectivity index (χ3v) is 1.38. The Hall–Kier alpha value is -1.73. The molecule has 1 aromatic rings. The van der Waals surface area contributed by atoms with Crippen molar-refractivity contribution in [1.29, 1.82) is 0 Å². The van der Waals surface area contributed by atoms with Gasteiger partial charge in [-0.05, 0) is 24.1 Å². The molecule has 3 nitrogen and oxygen atoms in total. The largest absolute Gasteiger partial charge is 0.0654 e. The number of hydrogen-bond acceptors (Lipinski definition) is 1. The first kappa shape index (κ1) is 8.37. The maximum Gasteiger partial charge on any atom is 0.0125 e. The molecule has 1 rings (SSSR count). The highest BCUT2D eigenvalue weighted by Gasteiger charge is 1.85. The maximum absolute atomic E-state index is 8.13. The second-order valence-corrected chi connectivity index (χ2v) is 2.39. The molecule has 0 unspecified atom stereocenters. The number of nitrogens with zero attached hydrogens (tertiary/aromatic N) is 3. The predicted octanol–water partition coefficient (Wildman–Crippen LogP) is 3.36. The van der Waals surface area contributed by atoms with Crippen LogP contribution in [0.1, 0.15) is 12.5 Å². The highest BCUT2D eigenvalue weighted by molar-refractivity contribution is 5.51. The second kappa shape index (κ2) is 4.21. The molecule has 0 spiro atoms. The van der Waals surface area contributed by atoms with Gasteiger partial charge in [-0.2, -0.15) is 0 Å². The summed E-state index contributed by atoms with van der Waals surface area (Å²) in [6.45, 7) is 1.77. The Morgan fingerprint density at radius 1 is 1.42 bits per heavy atom. The van der Waals surface area contributed by atoms with Crippen LogP contribution in [0.25, 0.3) is 16.5 Å². The van der Waals surface area contributed by atoms with Gasteiger partial charge >= 0.3 is 0 Å². The first-order valence-corrected chi connectivity index (χ1v) is 3.61. The van der Waals surface area contributed by atoms with E-state index >= 15 is 0 Å². The van der Waals surface area contributed by atoms with Crippen molar-refractivity contribution in [1.82, 2.24) is 0 Å². The van der Waals surface area contributed by atoms with Gasteiger partial charge in [0, 0.05) is 10.6 Å². The van der Waals surface area contributed by atoms with Crippen molar-refractivity contribution in [2.75, 3.05) is 0 Å². The first-order chi connectivity index (χ1) is 5.83.